The zero-order valence-corrected chi connectivity index (χ0v) is 14.4. The average molecular weight is 333 g/mol. The molecule has 0 aliphatic carbocycles. The number of fused-ring (bicyclic) bond motifs is 1. The minimum absolute atomic E-state index is 0.204. The van der Waals surface area contributed by atoms with Crippen molar-refractivity contribution >= 4 is 16.7 Å². The van der Waals surface area contributed by atoms with Gasteiger partial charge in [0, 0.05) is 30.7 Å². The molecule has 2 aromatic rings. The van der Waals surface area contributed by atoms with E-state index in [1.54, 1.807) is 6.07 Å². The summed E-state index contributed by atoms with van der Waals surface area (Å²) in [5.74, 6) is 1.81. The maximum Gasteiger partial charge on any atom is 0.167 e. The third kappa shape index (κ3) is 3.75. The number of anilines is 1. The number of aromatic nitrogens is 2. The highest BCUT2D eigenvalue weighted by Gasteiger charge is 2.18. The molecular weight excluding hydrogens is 309 g/mol. The van der Waals surface area contributed by atoms with Crippen LogP contribution in [-0.4, -0.2) is 36.3 Å². The van der Waals surface area contributed by atoms with Gasteiger partial charge in [-0.1, -0.05) is 0 Å². The van der Waals surface area contributed by atoms with Gasteiger partial charge in [-0.25, -0.2) is 14.4 Å². The third-order valence-corrected chi connectivity index (χ3v) is 4.49. The average Bonchev–Trinajstić information content (AvgIpc) is 2.55. The quantitative estimate of drug-likeness (QED) is 0.904. The fourth-order valence-electron chi connectivity index (χ4n) is 3.29. The van der Waals surface area contributed by atoms with Gasteiger partial charge in [0.05, 0.1) is 12.6 Å². The van der Waals surface area contributed by atoms with E-state index in [2.05, 4.69) is 22.2 Å². The van der Waals surface area contributed by atoms with Gasteiger partial charge in [0.2, 0.25) is 0 Å². The minimum Gasteiger partial charge on any atom is -0.494 e. The van der Waals surface area contributed by atoms with E-state index in [4.69, 9.17) is 9.47 Å². The van der Waals surface area contributed by atoms with Crippen LogP contribution in [-0.2, 0) is 4.74 Å². The normalized spacial score (nSPS) is 17.0. The SMILES string of the molecule is COc1cc2c(NC(C)CC3CCOCC3)nc(C)nc2cc1F. The second-order valence-corrected chi connectivity index (χ2v) is 6.46. The summed E-state index contributed by atoms with van der Waals surface area (Å²) in [4.78, 5) is 8.85. The van der Waals surface area contributed by atoms with Crippen LogP contribution in [0.3, 0.4) is 0 Å². The summed E-state index contributed by atoms with van der Waals surface area (Å²) < 4.78 is 24.4. The van der Waals surface area contributed by atoms with Gasteiger partial charge >= 0.3 is 0 Å². The predicted molar refractivity (Wildman–Crippen MR) is 92.0 cm³/mol. The van der Waals surface area contributed by atoms with Crippen LogP contribution in [0.5, 0.6) is 5.75 Å². The van der Waals surface area contributed by atoms with Crippen LogP contribution in [0.2, 0.25) is 0 Å². The fourth-order valence-corrected chi connectivity index (χ4v) is 3.29. The second kappa shape index (κ2) is 7.30. The Kier molecular flexibility index (Phi) is 5.14. The molecule has 1 unspecified atom stereocenters. The number of nitrogens with zero attached hydrogens (tertiary/aromatic N) is 2. The molecule has 6 heteroatoms. The van der Waals surface area contributed by atoms with Gasteiger partial charge in [0.25, 0.3) is 0 Å². The number of methoxy groups -OCH3 is 1. The number of aryl methyl sites for hydroxylation is 1. The summed E-state index contributed by atoms with van der Waals surface area (Å²) in [5.41, 5.74) is 0.585. The second-order valence-electron chi connectivity index (χ2n) is 6.46. The van der Waals surface area contributed by atoms with Gasteiger partial charge in [0.1, 0.15) is 11.6 Å². The first-order valence-electron chi connectivity index (χ1n) is 8.43. The topological polar surface area (TPSA) is 56.3 Å². The van der Waals surface area contributed by atoms with Gasteiger partial charge in [-0.2, -0.15) is 0 Å². The molecule has 2 heterocycles. The number of hydrogen-bond donors (Lipinski definition) is 1. The summed E-state index contributed by atoms with van der Waals surface area (Å²) in [6.45, 7) is 5.67. The molecule has 1 N–H and O–H groups in total. The van der Waals surface area contributed by atoms with Crippen molar-refractivity contribution in [1.29, 1.82) is 0 Å². The Morgan fingerprint density at radius 2 is 2.08 bits per heavy atom. The lowest BCUT2D eigenvalue weighted by atomic mass is 9.93. The summed E-state index contributed by atoms with van der Waals surface area (Å²) in [6, 6.07) is 3.33. The Hall–Kier alpha value is -1.95. The maximum atomic E-state index is 13.9. The van der Waals surface area contributed by atoms with E-state index in [1.165, 1.54) is 13.2 Å². The molecule has 3 rings (SSSR count). The third-order valence-electron chi connectivity index (χ3n) is 4.49. The van der Waals surface area contributed by atoms with Crippen LogP contribution in [0.25, 0.3) is 10.9 Å². The number of nitrogens with one attached hydrogen (secondary N) is 1. The van der Waals surface area contributed by atoms with Gasteiger partial charge in [-0.15, -0.1) is 0 Å². The summed E-state index contributed by atoms with van der Waals surface area (Å²) in [7, 11) is 1.46. The maximum absolute atomic E-state index is 13.9. The van der Waals surface area contributed by atoms with E-state index in [0.29, 0.717) is 17.3 Å². The minimum atomic E-state index is -0.413. The largest absolute Gasteiger partial charge is 0.494 e. The molecule has 0 saturated carbocycles. The molecule has 1 saturated heterocycles. The number of halogens is 1. The Balaban J connectivity index is 1.84. The van der Waals surface area contributed by atoms with Gasteiger partial charge < -0.3 is 14.8 Å². The molecule has 24 heavy (non-hydrogen) atoms. The summed E-state index contributed by atoms with van der Waals surface area (Å²) in [5, 5.41) is 4.25. The highest BCUT2D eigenvalue weighted by molar-refractivity contribution is 5.90. The van der Waals surface area contributed by atoms with Crippen molar-refractivity contribution < 1.29 is 13.9 Å². The molecule has 1 aromatic heterocycles. The van der Waals surface area contributed by atoms with Crippen LogP contribution < -0.4 is 10.1 Å². The first-order valence-corrected chi connectivity index (χ1v) is 8.43. The zero-order chi connectivity index (χ0) is 17.1. The molecule has 1 aliphatic heterocycles. The van der Waals surface area contributed by atoms with Gasteiger partial charge in [-0.05, 0) is 45.1 Å². The van der Waals surface area contributed by atoms with Crippen LogP contribution >= 0.6 is 0 Å². The highest BCUT2D eigenvalue weighted by Crippen LogP contribution is 2.29. The van der Waals surface area contributed by atoms with E-state index in [9.17, 15) is 4.39 Å². The predicted octanol–water partition coefficient (Wildman–Crippen LogP) is 3.70. The van der Waals surface area contributed by atoms with E-state index in [0.717, 1.165) is 43.7 Å². The Morgan fingerprint density at radius 1 is 1.33 bits per heavy atom. The standard InChI is InChI=1S/C18H24FN3O2/c1-11(8-13-4-6-24-7-5-13)20-18-14-9-17(23-3)15(19)10-16(14)21-12(2)22-18/h9-11,13H,4-8H2,1-3H3,(H,20,21,22). The smallest absolute Gasteiger partial charge is 0.167 e. The van der Waals surface area contributed by atoms with Crippen molar-refractivity contribution in [2.45, 2.75) is 39.2 Å². The van der Waals surface area contributed by atoms with Crippen LogP contribution in [0.4, 0.5) is 10.2 Å². The molecule has 1 atom stereocenters. The molecular formula is C18H24FN3O2. The van der Waals surface area contributed by atoms with E-state index in [-0.39, 0.29) is 11.8 Å². The molecule has 130 valence electrons. The number of ether oxygens (including phenoxy) is 2. The van der Waals surface area contributed by atoms with Crippen molar-refractivity contribution in [2.24, 2.45) is 5.92 Å². The van der Waals surface area contributed by atoms with Crippen molar-refractivity contribution in [3.05, 3.63) is 23.8 Å². The first kappa shape index (κ1) is 16.9. The molecule has 0 spiro atoms. The van der Waals surface area contributed by atoms with Crippen LogP contribution in [0.15, 0.2) is 12.1 Å². The molecule has 1 aliphatic rings. The van der Waals surface area contributed by atoms with E-state index >= 15 is 0 Å². The van der Waals surface area contributed by atoms with Crippen molar-refractivity contribution in [3.63, 3.8) is 0 Å². The van der Waals surface area contributed by atoms with E-state index in [1.807, 2.05) is 6.92 Å². The van der Waals surface area contributed by atoms with Crippen LogP contribution in [0, 0.1) is 18.7 Å². The lowest BCUT2D eigenvalue weighted by Gasteiger charge is -2.26. The Labute approximate surface area is 141 Å². The molecule has 1 fully saturated rings. The van der Waals surface area contributed by atoms with Crippen molar-refractivity contribution in [2.75, 3.05) is 25.6 Å². The lowest BCUT2D eigenvalue weighted by Crippen LogP contribution is -2.24. The highest BCUT2D eigenvalue weighted by atomic mass is 19.1. The molecule has 0 radical (unpaired) electrons. The van der Waals surface area contributed by atoms with Crippen LogP contribution in [0.1, 0.15) is 32.0 Å². The first-order chi connectivity index (χ1) is 11.6. The zero-order valence-electron chi connectivity index (χ0n) is 14.4. The van der Waals surface area contributed by atoms with Gasteiger partial charge in [-0.3, -0.25) is 0 Å². The molecule has 0 amide bonds. The monoisotopic (exact) mass is 333 g/mol. The van der Waals surface area contributed by atoms with Gasteiger partial charge in [0.15, 0.2) is 11.6 Å². The molecule has 0 bridgehead atoms. The van der Waals surface area contributed by atoms with Crippen molar-refractivity contribution in [1.82, 2.24) is 9.97 Å². The van der Waals surface area contributed by atoms with E-state index < -0.39 is 5.82 Å². The van der Waals surface area contributed by atoms with Crippen molar-refractivity contribution in [3.8, 4) is 5.75 Å². The molecule has 1 aromatic carbocycles. The fraction of sp³-hybridized carbons (Fsp3) is 0.556. The lowest BCUT2D eigenvalue weighted by molar-refractivity contribution is 0.0629. The molecule has 5 nitrogen and oxygen atoms in total. The summed E-state index contributed by atoms with van der Waals surface area (Å²) in [6.07, 6.45) is 3.27. The Bertz CT molecular complexity index is 717. The number of benzene rings is 1. The number of rotatable bonds is 5. The summed E-state index contributed by atoms with van der Waals surface area (Å²) >= 11 is 0. The Morgan fingerprint density at radius 3 is 2.79 bits per heavy atom. The number of hydrogen-bond acceptors (Lipinski definition) is 5.